The summed E-state index contributed by atoms with van der Waals surface area (Å²) in [6.45, 7) is 1.11. The lowest BCUT2D eigenvalue weighted by Gasteiger charge is -2.29. The zero-order valence-electron chi connectivity index (χ0n) is 23.6. The molecule has 11 nitrogen and oxygen atoms in total. The van der Waals surface area contributed by atoms with E-state index in [1.165, 1.54) is 19.9 Å². The van der Waals surface area contributed by atoms with Crippen LogP contribution in [0.3, 0.4) is 0 Å². The Morgan fingerprint density at radius 3 is 2.14 bits per heavy atom. The summed E-state index contributed by atoms with van der Waals surface area (Å²) in [5.41, 5.74) is -2.43. The number of aliphatic hydroxyl groups is 1. The Bertz CT molecular complexity index is 1830. The van der Waals surface area contributed by atoms with Crippen LogP contribution < -0.4 is 22.1 Å². The van der Waals surface area contributed by atoms with Gasteiger partial charge in [0.25, 0.3) is 11.1 Å². The van der Waals surface area contributed by atoms with Crippen LogP contribution in [0.2, 0.25) is 0 Å². The normalized spacial score (nSPS) is 13.1. The average Bonchev–Trinajstić information content (AvgIpc) is 2.98. The van der Waals surface area contributed by atoms with Gasteiger partial charge in [0.15, 0.2) is 6.10 Å². The summed E-state index contributed by atoms with van der Waals surface area (Å²) < 4.78 is 46.3. The Labute approximate surface area is 247 Å². The summed E-state index contributed by atoms with van der Waals surface area (Å²) in [5, 5.41) is 11.7. The van der Waals surface area contributed by atoms with Crippen LogP contribution >= 0.6 is 0 Å². The van der Waals surface area contributed by atoms with Crippen molar-refractivity contribution in [3.63, 3.8) is 0 Å². The Hall–Kier alpha value is -4.98. The number of amides is 1. The Balaban J connectivity index is 1.73. The second-order valence-corrected chi connectivity index (χ2v) is 10.4. The third-order valence-corrected chi connectivity index (χ3v) is 6.88. The topological polar surface area (TPSA) is 152 Å². The van der Waals surface area contributed by atoms with E-state index in [4.69, 9.17) is 4.74 Å². The number of aromatic amines is 1. The molecule has 0 fully saturated rings. The van der Waals surface area contributed by atoms with Crippen molar-refractivity contribution < 1.29 is 32.6 Å². The van der Waals surface area contributed by atoms with Crippen LogP contribution in [0, 0.1) is 5.92 Å². The molecule has 2 aromatic carbocycles. The molecule has 3 N–H and O–H groups in total. The summed E-state index contributed by atoms with van der Waals surface area (Å²) in [6, 6.07) is 16.3. The van der Waals surface area contributed by atoms with Gasteiger partial charge in [0, 0.05) is 0 Å². The maximum Gasteiger partial charge on any atom is 0.416 e. The third-order valence-electron chi connectivity index (χ3n) is 6.88. The first-order valence-electron chi connectivity index (χ1n) is 13.5. The smallest absolute Gasteiger partial charge is 0.416 e. The van der Waals surface area contributed by atoms with Crippen molar-refractivity contribution in [3.05, 3.63) is 103 Å². The van der Waals surface area contributed by atoms with Gasteiger partial charge < -0.3 is 20.1 Å². The minimum atomic E-state index is -5.01. The van der Waals surface area contributed by atoms with Crippen LogP contribution in [0.4, 0.5) is 13.2 Å². The number of nitrogens with one attached hydrogen (secondary N) is 2. The predicted octanol–water partition coefficient (Wildman–Crippen LogP) is 2.33. The van der Waals surface area contributed by atoms with E-state index >= 15 is 0 Å². The fourth-order valence-electron chi connectivity index (χ4n) is 4.60. The Morgan fingerprint density at radius 1 is 0.932 bits per heavy atom. The van der Waals surface area contributed by atoms with E-state index in [1.54, 1.807) is 60.7 Å². The third kappa shape index (κ3) is 7.14. The standard InChI is InChI=1S/C30H29F3N4O7/c1-17(2)24(26(40)30(31,32)33)34-22(38)14-36-21(19-11-7-4-8-12-19)13-20-25(28(36)42)35-29(43)37(27(20)41)15-23(39)44-16-18-9-5-3-6-10-18/h3-13,17,24,26,40H,14-16H2,1-2H3,(H,34,38)(H,35,43). The van der Waals surface area contributed by atoms with Crippen molar-refractivity contribution in [2.24, 2.45) is 5.92 Å². The largest absolute Gasteiger partial charge is 0.459 e. The molecule has 0 aliphatic heterocycles. The van der Waals surface area contributed by atoms with E-state index in [9.17, 15) is 42.3 Å². The summed E-state index contributed by atoms with van der Waals surface area (Å²) in [4.78, 5) is 67.6. The molecule has 0 bridgehead atoms. The van der Waals surface area contributed by atoms with Gasteiger partial charge in [0.2, 0.25) is 5.91 Å². The molecule has 0 spiro atoms. The van der Waals surface area contributed by atoms with E-state index in [1.807, 2.05) is 0 Å². The zero-order valence-corrected chi connectivity index (χ0v) is 23.6. The van der Waals surface area contributed by atoms with Gasteiger partial charge in [-0.2, -0.15) is 13.2 Å². The number of halogens is 3. The van der Waals surface area contributed by atoms with Crippen LogP contribution in [0.5, 0.6) is 0 Å². The molecule has 44 heavy (non-hydrogen) atoms. The quantitative estimate of drug-likeness (QED) is 0.232. The molecule has 4 rings (SSSR count). The molecule has 0 aliphatic carbocycles. The van der Waals surface area contributed by atoms with Crippen LogP contribution in [0.15, 0.2) is 81.1 Å². The van der Waals surface area contributed by atoms with E-state index < -0.39 is 71.5 Å². The summed E-state index contributed by atoms with van der Waals surface area (Å²) in [5.74, 6) is -2.73. The van der Waals surface area contributed by atoms with Gasteiger partial charge in [-0.05, 0) is 23.1 Å². The van der Waals surface area contributed by atoms with Crippen molar-refractivity contribution in [1.82, 2.24) is 19.4 Å². The predicted molar refractivity (Wildman–Crippen MR) is 154 cm³/mol. The lowest BCUT2D eigenvalue weighted by molar-refractivity contribution is -0.215. The number of rotatable bonds is 10. The number of aliphatic hydroxyl groups excluding tert-OH is 1. The molecule has 2 aromatic heterocycles. The summed E-state index contributed by atoms with van der Waals surface area (Å²) in [7, 11) is 0. The van der Waals surface area contributed by atoms with Crippen LogP contribution in [0.25, 0.3) is 22.2 Å². The fraction of sp³-hybridized carbons (Fsp3) is 0.300. The van der Waals surface area contributed by atoms with Crippen molar-refractivity contribution in [1.29, 1.82) is 0 Å². The number of nitrogens with zero attached hydrogens (tertiary/aromatic N) is 2. The molecule has 0 saturated carbocycles. The van der Waals surface area contributed by atoms with Crippen LogP contribution in [0.1, 0.15) is 19.4 Å². The molecule has 0 saturated heterocycles. The molecule has 0 radical (unpaired) electrons. The van der Waals surface area contributed by atoms with Crippen LogP contribution in [-0.2, 0) is 34.0 Å². The highest BCUT2D eigenvalue weighted by atomic mass is 19.4. The number of aromatic nitrogens is 3. The molecule has 2 atom stereocenters. The zero-order chi connectivity index (χ0) is 32.2. The first kappa shape index (κ1) is 31.9. The second-order valence-electron chi connectivity index (χ2n) is 10.4. The highest BCUT2D eigenvalue weighted by molar-refractivity contribution is 5.83. The number of hydrogen-bond donors (Lipinski definition) is 3. The van der Waals surface area contributed by atoms with Gasteiger partial charge >= 0.3 is 17.8 Å². The molecule has 232 valence electrons. The number of alkyl halides is 3. The monoisotopic (exact) mass is 614 g/mol. The molecule has 14 heteroatoms. The van der Waals surface area contributed by atoms with Gasteiger partial charge in [0.05, 0.1) is 17.1 Å². The molecule has 4 aromatic rings. The lowest BCUT2D eigenvalue weighted by atomic mass is 9.98. The molecule has 1 amide bonds. The van der Waals surface area contributed by atoms with Crippen molar-refractivity contribution >= 4 is 22.8 Å². The molecular weight excluding hydrogens is 585 g/mol. The van der Waals surface area contributed by atoms with Gasteiger partial charge in [0.1, 0.15) is 25.2 Å². The maximum atomic E-state index is 13.6. The molecular formula is C30H29F3N4O7. The summed E-state index contributed by atoms with van der Waals surface area (Å²) in [6.07, 6.45) is -7.87. The number of carbonyl (C=O) groups is 2. The van der Waals surface area contributed by atoms with E-state index in [2.05, 4.69) is 10.3 Å². The van der Waals surface area contributed by atoms with Gasteiger partial charge in [-0.25, -0.2) is 9.36 Å². The highest BCUT2D eigenvalue weighted by Gasteiger charge is 2.45. The van der Waals surface area contributed by atoms with Gasteiger partial charge in [-0.3, -0.25) is 23.7 Å². The minimum absolute atomic E-state index is 0.0399. The van der Waals surface area contributed by atoms with E-state index in [-0.39, 0.29) is 17.7 Å². The molecule has 0 aliphatic rings. The number of pyridine rings is 1. The number of H-pyrrole nitrogens is 1. The minimum Gasteiger partial charge on any atom is -0.459 e. The fourth-order valence-corrected chi connectivity index (χ4v) is 4.60. The van der Waals surface area contributed by atoms with Crippen molar-refractivity contribution in [2.75, 3.05) is 0 Å². The van der Waals surface area contributed by atoms with E-state index in [0.717, 1.165) is 4.57 Å². The molecule has 2 heterocycles. The number of esters is 1. The number of benzene rings is 2. The number of fused-ring (bicyclic) bond motifs is 1. The number of hydrogen-bond acceptors (Lipinski definition) is 7. The second kappa shape index (κ2) is 13.1. The maximum absolute atomic E-state index is 13.6. The van der Waals surface area contributed by atoms with Gasteiger partial charge in [-0.1, -0.05) is 74.5 Å². The van der Waals surface area contributed by atoms with Crippen LogP contribution in [-0.4, -0.2) is 49.4 Å². The number of ether oxygens (including phenoxy) is 1. The SMILES string of the molecule is CC(C)C(NC(=O)Cn1c(-c2ccccc2)cc2c(=O)n(CC(=O)OCc3ccccc3)c(=O)[nH]c2c1=O)C(O)C(F)(F)F. The Morgan fingerprint density at radius 2 is 1.55 bits per heavy atom. The van der Waals surface area contributed by atoms with Crippen molar-refractivity contribution in [3.8, 4) is 11.3 Å². The van der Waals surface area contributed by atoms with Crippen molar-refractivity contribution in [2.45, 2.75) is 51.9 Å². The first-order chi connectivity index (χ1) is 20.8. The lowest BCUT2D eigenvalue weighted by Crippen LogP contribution is -2.53. The average molecular weight is 615 g/mol. The van der Waals surface area contributed by atoms with Gasteiger partial charge in [-0.15, -0.1) is 0 Å². The molecule has 2 unspecified atom stereocenters. The number of carbonyl (C=O) groups excluding carboxylic acids is 2. The summed E-state index contributed by atoms with van der Waals surface area (Å²) >= 11 is 0. The first-order valence-corrected chi connectivity index (χ1v) is 13.5. The van der Waals surface area contributed by atoms with E-state index in [0.29, 0.717) is 15.7 Å². The highest BCUT2D eigenvalue weighted by Crippen LogP contribution is 2.26. The Kier molecular flexibility index (Phi) is 9.53.